The number of benzene rings is 1. The molecule has 1 heterocycles. The fourth-order valence-electron chi connectivity index (χ4n) is 2.73. The Bertz CT molecular complexity index is 679. The topological polar surface area (TPSA) is 131 Å². The number of unbranched alkanes of at least 4 members (excludes halogenated alkanes) is 1. The zero-order chi connectivity index (χ0) is 19.8. The first kappa shape index (κ1) is 20.7. The first-order valence-corrected chi connectivity index (χ1v) is 8.82. The number of anilines is 1. The molecule has 9 nitrogen and oxygen atoms in total. The molecule has 2 unspecified atom stereocenters. The Kier molecular flexibility index (Phi) is 7.56. The number of carboxylic acid groups (broad SMARTS) is 1. The van der Waals surface area contributed by atoms with Gasteiger partial charge < -0.3 is 19.9 Å². The standard InChI is InChI=1S/C18H25N3O6/c1-12(19)27-17(24)8-4-5-9-20-13-11-26-15-7-3-2-6-14(15)21(18(13)25)10-16(22)23/h2-3,6-7,12-13,20H,4-5,8-11,19H2,1H3,(H,22,23). The molecule has 2 atom stereocenters. The van der Waals surface area contributed by atoms with Crippen molar-refractivity contribution in [2.45, 2.75) is 38.5 Å². The Labute approximate surface area is 157 Å². The van der Waals surface area contributed by atoms with Crippen molar-refractivity contribution in [3.05, 3.63) is 24.3 Å². The van der Waals surface area contributed by atoms with Crippen molar-refractivity contribution in [3.8, 4) is 5.75 Å². The molecule has 2 rings (SSSR count). The average molecular weight is 379 g/mol. The minimum atomic E-state index is -1.11. The van der Waals surface area contributed by atoms with E-state index in [1.54, 1.807) is 31.2 Å². The largest absolute Gasteiger partial charge is 0.489 e. The number of para-hydroxylation sites is 2. The SMILES string of the molecule is CC(N)OC(=O)CCCCNC1COc2ccccc2N(CC(=O)O)C1=O. The van der Waals surface area contributed by atoms with Gasteiger partial charge in [-0.25, -0.2) is 0 Å². The van der Waals surface area contributed by atoms with Crippen LogP contribution in [0.2, 0.25) is 0 Å². The van der Waals surface area contributed by atoms with Crippen LogP contribution in [0.3, 0.4) is 0 Å². The van der Waals surface area contributed by atoms with E-state index < -0.39 is 24.8 Å². The Balaban J connectivity index is 1.90. The van der Waals surface area contributed by atoms with Gasteiger partial charge in [-0.2, -0.15) is 0 Å². The number of ether oxygens (including phenoxy) is 2. The van der Waals surface area contributed by atoms with Gasteiger partial charge in [-0.15, -0.1) is 0 Å². The molecule has 1 aliphatic heterocycles. The van der Waals surface area contributed by atoms with Gasteiger partial charge in [0.25, 0.3) is 0 Å². The lowest BCUT2D eigenvalue weighted by Crippen LogP contribution is -2.50. The summed E-state index contributed by atoms with van der Waals surface area (Å²) in [5.74, 6) is -1.36. The number of carboxylic acids is 1. The second kappa shape index (κ2) is 9.89. The van der Waals surface area contributed by atoms with Gasteiger partial charge in [0.1, 0.15) is 31.2 Å². The molecule has 0 aromatic heterocycles. The number of amides is 1. The molecular weight excluding hydrogens is 354 g/mol. The number of esters is 1. The maximum Gasteiger partial charge on any atom is 0.323 e. The second-order valence-electron chi connectivity index (χ2n) is 6.26. The van der Waals surface area contributed by atoms with Crippen LogP contribution in [0.25, 0.3) is 0 Å². The second-order valence-corrected chi connectivity index (χ2v) is 6.26. The number of nitrogens with zero attached hydrogens (tertiary/aromatic N) is 1. The van der Waals surface area contributed by atoms with Crippen LogP contribution in [-0.2, 0) is 19.1 Å². The van der Waals surface area contributed by atoms with Gasteiger partial charge in [0, 0.05) is 6.42 Å². The van der Waals surface area contributed by atoms with E-state index in [2.05, 4.69) is 5.32 Å². The molecule has 0 bridgehead atoms. The van der Waals surface area contributed by atoms with Gasteiger partial charge in [0.2, 0.25) is 5.91 Å². The molecule has 1 amide bonds. The molecular formula is C18H25N3O6. The number of carbonyl (C=O) groups excluding carboxylic acids is 2. The summed E-state index contributed by atoms with van der Waals surface area (Å²) >= 11 is 0. The third-order valence-electron chi connectivity index (χ3n) is 3.93. The van der Waals surface area contributed by atoms with Gasteiger partial charge >= 0.3 is 11.9 Å². The van der Waals surface area contributed by atoms with E-state index in [1.807, 2.05) is 0 Å². The van der Waals surface area contributed by atoms with Crippen molar-refractivity contribution in [2.24, 2.45) is 5.73 Å². The summed E-state index contributed by atoms with van der Waals surface area (Å²) < 4.78 is 10.5. The molecule has 27 heavy (non-hydrogen) atoms. The molecule has 1 aliphatic rings. The number of hydrogen-bond donors (Lipinski definition) is 3. The van der Waals surface area contributed by atoms with Gasteiger partial charge in [0.15, 0.2) is 0 Å². The van der Waals surface area contributed by atoms with E-state index in [4.69, 9.17) is 20.3 Å². The van der Waals surface area contributed by atoms with E-state index in [-0.39, 0.29) is 24.9 Å². The van der Waals surface area contributed by atoms with Crippen molar-refractivity contribution in [3.63, 3.8) is 0 Å². The monoisotopic (exact) mass is 379 g/mol. The van der Waals surface area contributed by atoms with Crippen molar-refractivity contribution in [1.29, 1.82) is 0 Å². The van der Waals surface area contributed by atoms with Gasteiger partial charge in [0.05, 0.1) is 5.69 Å². The molecule has 0 fully saturated rings. The minimum absolute atomic E-state index is 0.0959. The molecule has 0 radical (unpaired) electrons. The number of aliphatic carboxylic acids is 1. The number of carbonyl (C=O) groups is 3. The molecule has 0 spiro atoms. The van der Waals surface area contributed by atoms with Crippen molar-refractivity contribution >= 4 is 23.5 Å². The zero-order valence-electron chi connectivity index (χ0n) is 15.2. The van der Waals surface area contributed by atoms with Gasteiger partial charge in [-0.05, 0) is 38.4 Å². The number of nitrogens with one attached hydrogen (secondary N) is 1. The Morgan fingerprint density at radius 2 is 2.15 bits per heavy atom. The quantitative estimate of drug-likeness (QED) is 0.321. The molecule has 1 aromatic rings. The summed E-state index contributed by atoms with van der Waals surface area (Å²) in [4.78, 5) is 36.6. The van der Waals surface area contributed by atoms with Crippen molar-refractivity contribution in [2.75, 3.05) is 24.6 Å². The summed E-state index contributed by atoms with van der Waals surface area (Å²) in [7, 11) is 0. The fourth-order valence-corrected chi connectivity index (χ4v) is 2.73. The summed E-state index contributed by atoms with van der Waals surface area (Å²) in [6.45, 7) is 1.71. The predicted molar refractivity (Wildman–Crippen MR) is 97.3 cm³/mol. The van der Waals surface area contributed by atoms with Crippen LogP contribution in [0.5, 0.6) is 5.75 Å². The van der Waals surface area contributed by atoms with Crippen LogP contribution >= 0.6 is 0 Å². The van der Waals surface area contributed by atoms with E-state index in [9.17, 15) is 14.4 Å². The first-order valence-electron chi connectivity index (χ1n) is 8.82. The predicted octanol–water partition coefficient (Wildman–Crippen LogP) is 0.473. The highest BCUT2D eigenvalue weighted by Crippen LogP contribution is 2.30. The fraction of sp³-hybridized carbons (Fsp3) is 0.500. The smallest absolute Gasteiger partial charge is 0.323 e. The lowest BCUT2D eigenvalue weighted by atomic mass is 10.2. The minimum Gasteiger partial charge on any atom is -0.489 e. The maximum atomic E-state index is 12.8. The Morgan fingerprint density at radius 1 is 1.41 bits per heavy atom. The summed E-state index contributed by atoms with van der Waals surface area (Å²) in [6.07, 6.45) is 0.844. The third kappa shape index (κ3) is 6.22. The molecule has 0 aliphatic carbocycles. The highest BCUT2D eigenvalue weighted by atomic mass is 16.6. The van der Waals surface area contributed by atoms with E-state index in [1.165, 1.54) is 4.90 Å². The molecule has 0 saturated heterocycles. The average Bonchev–Trinajstić information content (AvgIpc) is 2.72. The number of nitrogens with two attached hydrogens (primary N) is 1. The molecule has 4 N–H and O–H groups in total. The highest BCUT2D eigenvalue weighted by molar-refractivity contribution is 6.02. The maximum absolute atomic E-state index is 12.8. The van der Waals surface area contributed by atoms with Gasteiger partial charge in [-0.1, -0.05) is 12.1 Å². The molecule has 9 heteroatoms. The van der Waals surface area contributed by atoms with Crippen LogP contribution in [0, 0.1) is 0 Å². The van der Waals surface area contributed by atoms with Crippen LogP contribution < -0.4 is 20.7 Å². The van der Waals surface area contributed by atoms with Crippen molar-refractivity contribution < 1.29 is 29.0 Å². The molecule has 1 aromatic carbocycles. The Morgan fingerprint density at radius 3 is 2.85 bits per heavy atom. The zero-order valence-corrected chi connectivity index (χ0v) is 15.2. The summed E-state index contributed by atoms with van der Waals surface area (Å²) in [5, 5.41) is 12.2. The first-order chi connectivity index (χ1) is 12.9. The molecule has 0 saturated carbocycles. The highest BCUT2D eigenvalue weighted by Gasteiger charge is 2.32. The van der Waals surface area contributed by atoms with Crippen LogP contribution in [0.15, 0.2) is 24.3 Å². The normalized spacial score (nSPS) is 17.5. The van der Waals surface area contributed by atoms with Crippen LogP contribution in [-0.4, -0.2) is 54.9 Å². The summed E-state index contributed by atoms with van der Waals surface area (Å²) in [5.41, 5.74) is 5.82. The number of fused-ring (bicyclic) bond motifs is 1. The lowest BCUT2D eigenvalue weighted by molar-refractivity contribution is -0.148. The van der Waals surface area contributed by atoms with Gasteiger partial charge in [-0.3, -0.25) is 25.0 Å². The van der Waals surface area contributed by atoms with E-state index in [0.717, 1.165) is 0 Å². The lowest BCUT2D eigenvalue weighted by Gasteiger charge is -2.23. The molecule has 148 valence electrons. The summed E-state index contributed by atoms with van der Waals surface area (Å²) in [6, 6.07) is 6.16. The number of hydrogen-bond acceptors (Lipinski definition) is 7. The number of rotatable bonds is 9. The third-order valence-corrected chi connectivity index (χ3v) is 3.93. The van der Waals surface area contributed by atoms with E-state index in [0.29, 0.717) is 30.8 Å². The van der Waals surface area contributed by atoms with Crippen molar-refractivity contribution in [1.82, 2.24) is 5.32 Å². The Hall–Kier alpha value is -2.65. The van der Waals surface area contributed by atoms with E-state index >= 15 is 0 Å². The van der Waals surface area contributed by atoms with Crippen LogP contribution in [0.1, 0.15) is 26.2 Å². The van der Waals surface area contributed by atoms with Crippen LogP contribution in [0.4, 0.5) is 5.69 Å².